The highest BCUT2D eigenvalue weighted by Crippen LogP contribution is 2.36. The molecule has 0 saturated carbocycles. The molecule has 0 bridgehead atoms. The molecule has 0 saturated heterocycles. The fraction of sp³-hybridized carbons (Fsp3) is 0.300. The fourth-order valence-corrected chi connectivity index (χ4v) is 3.88. The van der Waals surface area contributed by atoms with Crippen LogP contribution in [0.1, 0.15) is 18.9 Å². The Labute approximate surface area is 175 Å². The van der Waals surface area contributed by atoms with Crippen molar-refractivity contribution in [1.29, 1.82) is 0 Å². The van der Waals surface area contributed by atoms with Crippen LogP contribution in [-0.4, -0.2) is 29.8 Å². The molecule has 10 heteroatoms. The lowest BCUT2D eigenvalue weighted by atomic mass is 9.90. The van der Waals surface area contributed by atoms with Gasteiger partial charge in [0.1, 0.15) is 11.5 Å². The van der Waals surface area contributed by atoms with Crippen LogP contribution in [0.4, 0.5) is 18.9 Å². The van der Waals surface area contributed by atoms with Gasteiger partial charge in [0.25, 0.3) is 5.91 Å². The fourth-order valence-electron chi connectivity index (χ4n) is 2.90. The Hall–Kier alpha value is -2.88. The van der Waals surface area contributed by atoms with Gasteiger partial charge >= 0.3 is 6.36 Å². The molecule has 1 aliphatic heterocycles. The quantitative estimate of drug-likeness (QED) is 0.702. The van der Waals surface area contributed by atoms with E-state index in [2.05, 4.69) is 15.0 Å². The van der Waals surface area contributed by atoms with E-state index in [0.717, 1.165) is 29.9 Å². The van der Waals surface area contributed by atoms with Crippen molar-refractivity contribution < 1.29 is 27.4 Å². The van der Waals surface area contributed by atoms with E-state index in [0.29, 0.717) is 16.6 Å². The first-order chi connectivity index (χ1) is 14.1. The van der Waals surface area contributed by atoms with E-state index in [1.54, 1.807) is 6.07 Å². The molecule has 3 rings (SSSR count). The largest absolute Gasteiger partial charge is 0.573 e. The van der Waals surface area contributed by atoms with E-state index in [9.17, 15) is 18.0 Å². The van der Waals surface area contributed by atoms with Crippen molar-refractivity contribution in [3.05, 3.63) is 54.1 Å². The Bertz CT molecular complexity index is 935. The van der Waals surface area contributed by atoms with Gasteiger partial charge in [-0.3, -0.25) is 9.79 Å². The Kier molecular flexibility index (Phi) is 6.45. The molecule has 0 spiro atoms. The summed E-state index contributed by atoms with van der Waals surface area (Å²) in [5, 5.41) is 3.09. The number of aliphatic imine (C=N–C) groups is 1. The van der Waals surface area contributed by atoms with Gasteiger partial charge in [-0.15, -0.1) is 13.2 Å². The minimum atomic E-state index is -4.77. The van der Waals surface area contributed by atoms with Crippen LogP contribution >= 0.6 is 11.8 Å². The van der Waals surface area contributed by atoms with Crippen LogP contribution in [0.15, 0.2) is 53.5 Å². The molecular formula is C20H20F3N3O3S. The molecule has 1 unspecified atom stereocenters. The van der Waals surface area contributed by atoms with Gasteiger partial charge < -0.3 is 20.5 Å². The second-order valence-corrected chi connectivity index (χ2v) is 7.87. The summed E-state index contributed by atoms with van der Waals surface area (Å²) in [6, 6.07) is 12.2. The zero-order valence-corrected chi connectivity index (χ0v) is 16.8. The van der Waals surface area contributed by atoms with Crippen LogP contribution in [0.2, 0.25) is 0 Å². The lowest BCUT2D eigenvalue weighted by Crippen LogP contribution is -2.28. The number of hydrogen-bond acceptors (Lipinski definition) is 6. The first-order valence-corrected chi connectivity index (χ1v) is 9.99. The number of benzene rings is 2. The molecule has 0 fully saturated rings. The number of carbonyl (C=O) groups is 1. The van der Waals surface area contributed by atoms with Crippen molar-refractivity contribution in [2.75, 3.05) is 17.7 Å². The Morgan fingerprint density at radius 3 is 2.63 bits per heavy atom. The summed E-state index contributed by atoms with van der Waals surface area (Å²) in [5.74, 6) is 0.551. The topological polar surface area (TPSA) is 85.9 Å². The molecule has 1 atom stereocenters. The summed E-state index contributed by atoms with van der Waals surface area (Å²) in [6.45, 7) is 1.74. The molecule has 1 heterocycles. The smallest absolute Gasteiger partial charge is 0.484 e. The van der Waals surface area contributed by atoms with Crippen molar-refractivity contribution in [3.8, 4) is 11.5 Å². The lowest BCUT2D eigenvalue weighted by Gasteiger charge is -2.30. The third-order valence-electron chi connectivity index (χ3n) is 4.39. The number of nitrogens with two attached hydrogens (primary N) is 1. The van der Waals surface area contributed by atoms with Crippen LogP contribution in [0.5, 0.6) is 11.5 Å². The summed E-state index contributed by atoms with van der Waals surface area (Å²) < 4.78 is 45.9. The van der Waals surface area contributed by atoms with Crippen molar-refractivity contribution >= 4 is 28.5 Å². The van der Waals surface area contributed by atoms with E-state index in [4.69, 9.17) is 10.5 Å². The van der Waals surface area contributed by atoms with E-state index in [1.807, 2.05) is 25.1 Å². The third kappa shape index (κ3) is 6.06. The standard InChI is InChI=1S/C20H20F3N3O3S/c1-19(9-10-30-18(24)26-19)13-3-2-4-16(11-13)28-12-17(27)25-14-5-7-15(8-6-14)29-20(21,22)23/h2-8,11H,9-10,12H2,1H3,(H2,24,26)(H,25,27). The number of hydrogen-bond donors (Lipinski definition) is 2. The molecule has 0 radical (unpaired) electrons. The first kappa shape index (κ1) is 21.8. The maximum Gasteiger partial charge on any atom is 0.573 e. The zero-order valence-electron chi connectivity index (χ0n) is 16.0. The second-order valence-electron chi connectivity index (χ2n) is 6.76. The van der Waals surface area contributed by atoms with Gasteiger partial charge in [0, 0.05) is 11.4 Å². The van der Waals surface area contributed by atoms with E-state index in [-0.39, 0.29) is 12.4 Å². The number of alkyl halides is 3. The Morgan fingerprint density at radius 2 is 1.97 bits per heavy atom. The molecule has 0 aromatic heterocycles. The lowest BCUT2D eigenvalue weighted by molar-refractivity contribution is -0.274. The minimum Gasteiger partial charge on any atom is -0.484 e. The highest BCUT2D eigenvalue weighted by atomic mass is 32.2. The van der Waals surface area contributed by atoms with E-state index >= 15 is 0 Å². The van der Waals surface area contributed by atoms with Gasteiger partial charge in [-0.1, -0.05) is 23.9 Å². The zero-order chi connectivity index (χ0) is 21.8. The van der Waals surface area contributed by atoms with Crippen molar-refractivity contribution in [2.45, 2.75) is 25.2 Å². The Balaban J connectivity index is 1.57. The number of anilines is 1. The molecule has 1 amide bonds. The van der Waals surface area contributed by atoms with Crippen molar-refractivity contribution in [2.24, 2.45) is 10.7 Å². The van der Waals surface area contributed by atoms with Crippen LogP contribution in [0, 0.1) is 0 Å². The van der Waals surface area contributed by atoms with Gasteiger partial charge in [0.15, 0.2) is 11.8 Å². The average Bonchev–Trinajstić information content (AvgIpc) is 2.67. The molecular weight excluding hydrogens is 419 g/mol. The maximum atomic E-state index is 12.2. The maximum absolute atomic E-state index is 12.2. The molecule has 0 aliphatic carbocycles. The minimum absolute atomic E-state index is 0.262. The van der Waals surface area contributed by atoms with Gasteiger partial charge in [0.05, 0.1) is 5.54 Å². The monoisotopic (exact) mass is 439 g/mol. The van der Waals surface area contributed by atoms with Crippen molar-refractivity contribution in [1.82, 2.24) is 0 Å². The summed E-state index contributed by atoms with van der Waals surface area (Å²) in [5.41, 5.74) is 6.67. The van der Waals surface area contributed by atoms with Crippen LogP contribution in [0.3, 0.4) is 0 Å². The second kappa shape index (κ2) is 8.86. The number of ether oxygens (including phenoxy) is 2. The number of halogens is 3. The summed E-state index contributed by atoms with van der Waals surface area (Å²) in [6.07, 6.45) is -3.94. The summed E-state index contributed by atoms with van der Waals surface area (Å²) in [7, 11) is 0. The highest BCUT2D eigenvalue weighted by molar-refractivity contribution is 8.13. The third-order valence-corrected chi connectivity index (χ3v) is 5.19. The van der Waals surface area contributed by atoms with Crippen LogP contribution in [-0.2, 0) is 10.3 Å². The number of amidine groups is 1. The molecule has 2 aromatic rings. The number of carbonyl (C=O) groups excluding carboxylic acids is 1. The number of rotatable bonds is 6. The SMILES string of the molecule is CC1(c2cccc(OCC(=O)Nc3ccc(OC(F)(F)F)cc3)c2)CCSC(N)=N1. The predicted molar refractivity (Wildman–Crippen MR) is 110 cm³/mol. The molecule has 3 N–H and O–H groups in total. The summed E-state index contributed by atoms with van der Waals surface area (Å²) >= 11 is 1.52. The molecule has 2 aromatic carbocycles. The number of amides is 1. The van der Waals surface area contributed by atoms with Crippen LogP contribution < -0.4 is 20.5 Å². The first-order valence-electron chi connectivity index (χ1n) is 9.00. The normalized spacial score (nSPS) is 19.0. The van der Waals surface area contributed by atoms with Crippen LogP contribution in [0.25, 0.3) is 0 Å². The van der Waals surface area contributed by atoms with E-state index in [1.165, 1.54) is 23.9 Å². The van der Waals surface area contributed by atoms with Gasteiger partial charge in [-0.05, 0) is 55.3 Å². The van der Waals surface area contributed by atoms with E-state index < -0.39 is 17.8 Å². The highest BCUT2D eigenvalue weighted by Gasteiger charge is 2.31. The van der Waals surface area contributed by atoms with Gasteiger partial charge in [-0.2, -0.15) is 0 Å². The predicted octanol–water partition coefficient (Wildman–Crippen LogP) is 4.27. The average molecular weight is 439 g/mol. The molecule has 30 heavy (non-hydrogen) atoms. The Morgan fingerprint density at radius 1 is 1.23 bits per heavy atom. The molecule has 160 valence electrons. The number of nitrogens with zero attached hydrogens (tertiary/aromatic N) is 1. The van der Waals surface area contributed by atoms with Gasteiger partial charge in [0.2, 0.25) is 0 Å². The molecule has 1 aliphatic rings. The number of nitrogens with one attached hydrogen (secondary N) is 1. The van der Waals surface area contributed by atoms with Gasteiger partial charge in [-0.25, -0.2) is 0 Å². The molecule has 6 nitrogen and oxygen atoms in total. The number of thioether (sulfide) groups is 1. The summed E-state index contributed by atoms with van der Waals surface area (Å²) in [4.78, 5) is 16.7. The van der Waals surface area contributed by atoms with Crippen molar-refractivity contribution in [3.63, 3.8) is 0 Å².